The van der Waals surface area contributed by atoms with E-state index in [1.165, 1.54) is 0 Å². The number of nitrogens with one attached hydrogen (secondary N) is 1. The number of ether oxygens (including phenoxy) is 1. The zero-order valence-corrected chi connectivity index (χ0v) is 11.3. The van der Waals surface area contributed by atoms with Gasteiger partial charge in [-0.3, -0.25) is 0 Å². The molecule has 0 fully saturated rings. The van der Waals surface area contributed by atoms with Gasteiger partial charge >= 0.3 is 6.09 Å². The summed E-state index contributed by atoms with van der Waals surface area (Å²) < 4.78 is 4.98. The van der Waals surface area contributed by atoms with Crippen LogP contribution in [0.5, 0.6) is 0 Å². The average Bonchev–Trinajstić information content (AvgIpc) is 2.36. The molecule has 1 amide bonds. The second-order valence-electron chi connectivity index (χ2n) is 4.28. The van der Waals surface area contributed by atoms with Crippen LogP contribution in [0.4, 0.5) is 4.79 Å². The Balaban J connectivity index is 2.53. The molecule has 1 rings (SSSR count). The number of aliphatic hydroxyl groups is 1. The van der Waals surface area contributed by atoms with Crippen LogP contribution in [-0.2, 0) is 11.3 Å². The standard InChI is InChI=1S/C15H19NO3/c1-12(2)19-15(18)16-11-14-8-5-7-13(10-14)6-3-4-9-17/h5,7-8,10,12,17H,4,9,11H2,1-2H3,(H,16,18). The smallest absolute Gasteiger partial charge is 0.407 e. The van der Waals surface area contributed by atoms with Crippen LogP contribution in [0.3, 0.4) is 0 Å². The number of carbonyl (C=O) groups excluding carboxylic acids is 1. The summed E-state index contributed by atoms with van der Waals surface area (Å²) in [7, 11) is 0. The first-order valence-electron chi connectivity index (χ1n) is 6.25. The van der Waals surface area contributed by atoms with Crippen LogP contribution in [-0.4, -0.2) is 23.9 Å². The largest absolute Gasteiger partial charge is 0.447 e. The lowest BCUT2D eigenvalue weighted by Crippen LogP contribution is -2.26. The summed E-state index contributed by atoms with van der Waals surface area (Å²) in [5, 5.41) is 11.3. The van der Waals surface area contributed by atoms with Crippen molar-refractivity contribution in [2.24, 2.45) is 0 Å². The highest BCUT2D eigenvalue weighted by Gasteiger charge is 2.04. The lowest BCUT2D eigenvalue weighted by atomic mass is 10.1. The molecule has 0 aliphatic heterocycles. The average molecular weight is 261 g/mol. The molecular formula is C15H19NO3. The molecule has 1 aromatic carbocycles. The van der Waals surface area contributed by atoms with Crippen LogP contribution in [0.2, 0.25) is 0 Å². The minimum Gasteiger partial charge on any atom is -0.447 e. The number of hydrogen-bond donors (Lipinski definition) is 2. The van der Waals surface area contributed by atoms with Crippen LogP contribution >= 0.6 is 0 Å². The van der Waals surface area contributed by atoms with E-state index in [2.05, 4.69) is 17.2 Å². The molecule has 1 aromatic rings. The monoisotopic (exact) mass is 261 g/mol. The summed E-state index contributed by atoms with van der Waals surface area (Å²) in [6.45, 7) is 4.07. The first-order valence-corrected chi connectivity index (χ1v) is 6.25. The van der Waals surface area contributed by atoms with E-state index < -0.39 is 6.09 Å². The first kappa shape index (κ1) is 15.1. The fourth-order valence-corrected chi connectivity index (χ4v) is 1.41. The second kappa shape index (κ2) is 8.17. The maximum atomic E-state index is 11.3. The van der Waals surface area contributed by atoms with Crippen LogP contribution in [0.15, 0.2) is 24.3 Å². The Labute approximate surface area is 113 Å². The molecule has 0 radical (unpaired) electrons. The molecule has 0 atom stereocenters. The van der Waals surface area contributed by atoms with Crippen molar-refractivity contribution >= 4 is 6.09 Å². The Morgan fingerprint density at radius 1 is 1.47 bits per heavy atom. The van der Waals surface area contributed by atoms with E-state index >= 15 is 0 Å². The summed E-state index contributed by atoms with van der Waals surface area (Å²) in [5.41, 5.74) is 1.82. The van der Waals surface area contributed by atoms with Crippen molar-refractivity contribution in [3.05, 3.63) is 35.4 Å². The fraction of sp³-hybridized carbons (Fsp3) is 0.400. The van der Waals surface area contributed by atoms with Crippen molar-refractivity contribution in [3.8, 4) is 11.8 Å². The molecule has 0 aliphatic carbocycles. The minimum atomic E-state index is -0.424. The number of carbonyl (C=O) groups is 1. The third kappa shape index (κ3) is 6.49. The molecule has 19 heavy (non-hydrogen) atoms. The Kier molecular flexibility index (Phi) is 6.48. The maximum Gasteiger partial charge on any atom is 0.407 e. The zero-order chi connectivity index (χ0) is 14.1. The number of amides is 1. The van der Waals surface area contributed by atoms with Gasteiger partial charge in [0.2, 0.25) is 0 Å². The van der Waals surface area contributed by atoms with Crippen LogP contribution in [0, 0.1) is 11.8 Å². The van der Waals surface area contributed by atoms with Gasteiger partial charge in [-0.1, -0.05) is 24.0 Å². The third-order valence-electron chi connectivity index (χ3n) is 2.18. The van der Waals surface area contributed by atoms with Gasteiger partial charge in [-0.25, -0.2) is 4.79 Å². The van der Waals surface area contributed by atoms with E-state index in [1.54, 1.807) is 13.8 Å². The highest BCUT2D eigenvalue weighted by molar-refractivity contribution is 5.67. The van der Waals surface area contributed by atoms with Crippen molar-refractivity contribution in [2.45, 2.75) is 32.9 Å². The van der Waals surface area contributed by atoms with Gasteiger partial charge < -0.3 is 15.2 Å². The quantitative estimate of drug-likeness (QED) is 0.816. The Morgan fingerprint density at radius 3 is 2.95 bits per heavy atom. The van der Waals surface area contributed by atoms with Gasteiger partial charge in [-0.2, -0.15) is 0 Å². The maximum absolute atomic E-state index is 11.3. The molecule has 102 valence electrons. The SMILES string of the molecule is CC(C)OC(=O)NCc1cccc(C#CCCO)c1. The molecule has 0 aliphatic rings. The lowest BCUT2D eigenvalue weighted by molar-refractivity contribution is 0.115. The summed E-state index contributed by atoms with van der Waals surface area (Å²) in [6.07, 6.45) is -0.0918. The molecular weight excluding hydrogens is 242 g/mol. The number of hydrogen-bond acceptors (Lipinski definition) is 3. The van der Waals surface area contributed by atoms with Crippen molar-refractivity contribution in [2.75, 3.05) is 6.61 Å². The number of benzene rings is 1. The topological polar surface area (TPSA) is 58.6 Å². The molecule has 0 bridgehead atoms. The van der Waals surface area contributed by atoms with Crippen molar-refractivity contribution in [1.82, 2.24) is 5.32 Å². The minimum absolute atomic E-state index is 0.0648. The van der Waals surface area contributed by atoms with Crippen LogP contribution < -0.4 is 5.32 Å². The van der Waals surface area contributed by atoms with Gasteiger partial charge in [-0.15, -0.1) is 0 Å². The van der Waals surface area contributed by atoms with Crippen LogP contribution in [0.1, 0.15) is 31.4 Å². The number of rotatable bonds is 4. The predicted octanol–water partition coefficient (Wildman–Crippen LogP) is 2.06. The van der Waals surface area contributed by atoms with Gasteiger partial charge in [0.1, 0.15) is 0 Å². The summed E-state index contributed by atoms with van der Waals surface area (Å²) in [4.78, 5) is 11.3. The highest BCUT2D eigenvalue weighted by atomic mass is 16.6. The Morgan fingerprint density at radius 2 is 2.26 bits per heavy atom. The predicted molar refractivity (Wildman–Crippen MR) is 73.5 cm³/mol. The van der Waals surface area contributed by atoms with Gasteiger partial charge in [0.25, 0.3) is 0 Å². The first-order chi connectivity index (χ1) is 9.11. The van der Waals surface area contributed by atoms with Gasteiger partial charge in [0, 0.05) is 18.5 Å². The van der Waals surface area contributed by atoms with Crippen molar-refractivity contribution < 1.29 is 14.6 Å². The second-order valence-corrected chi connectivity index (χ2v) is 4.28. The fourth-order valence-electron chi connectivity index (χ4n) is 1.41. The van der Waals surface area contributed by atoms with E-state index in [4.69, 9.17) is 9.84 Å². The van der Waals surface area contributed by atoms with E-state index in [1.807, 2.05) is 24.3 Å². The Bertz CT molecular complexity index is 472. The lowest BCUT2D eigenvalue weighted by Gasteiger charge is -2.09. The number of alkyl carbamates (subject to hydrolysis) is 1. The van der Waals surface area contributed by atoms with Gasteiger partial charge in [0.15, 0.2) is 0 Å². The molecule has 2 N–H and O–H groups in total. The van der Waals surface area contributed by atoms with E-state index in [0.29, 0.717) is 13.0 Å². The van der Waals surface area contributed by atoms with Gasteiger partial charge in [0.05, 0.1) is 12.7 Å². The molecule has 4 heteroatoms. The molecule has 0 unspecified atom stereocenters. The van der Waals surface area contributed by atoms with Crippen molar-refractivity contribution in [1.29, 1.82) is 0 Å². The molecule has 0 spiro atoms. The molecule has 0 aromatic heterocycles. The normalized spacial score (nSPS) is 9.68. The zero-order valence-electron chi connectivity index (χ0n) is 11.3. The highest BCUT2D eigenvalue weighted by Crippen LogP contribution is 2.04. The third-order valence-corrected chi connectivity index (χ3v) is 2.18. The van der Waals surface area contributed by atoms with Crippen LogP contribution in [0.25, 0.3) is 0 Å². The van der Waals surface area contributed by atoms with E-state index in [-0.39, 0.29) is 12.7 Å². The number of aliphatic hydroxyl groups excluding tert-OH is 1. The molecule has 0 saturated heterocycles. The van der Waals surface area contributed by atoms with E-state index in [9.17, 15) is 4.79 Å². The molecule has 0 heterocycles. The molecule has 4 nitrogen and oxygen atoms in total. The van der Waals surface area contributed by atoms with Crippen molar-refractivity contribution in [3.63, 3.8) is 0 Å². The van der Waals surface area contributed by atoms with E-state index in [0.717, 1.165) is 11.1 Å². The van der Waals surface area contributed by atoms with Gasteiger partial charge in [-0.05, 0) is 31.5 Å². The summed E-state index contributed by atoms with van der Waals surface area (Å²) in [6, 6.07) is 7.58. The summed E-state index contributed by atoms with van der Waals surface area (Å²) >= 11 is 0. The Hall–Kier alpha value is -1.99. The molecule has 0 saturated carbocycles. The summed E-state index contributed by atoms with van der Waals surface area (Å²) in [5.74, 6) is 5.81.